The van der Waals surface area contributed by atoms with Crippen molar-refractivity contribution in [2.24, 2.45) is 0 Å². The monoisotopic (exact) mass is 278 g/mol. The number of pyridine rings is 1. The Morgan fingerprint density at radius 2 is 2.20 bits per heavy atom. The third-order valence-corrected chi connectivity index (χ3v) is 2.97. The SMILES string of the molecule is Cc1ccnc(O[C@@H]2CCN(C(=O)OC(C)(C)C)C2)c1. The van der Waals surface area contributed by atoms with E-state index >= 15 is 0 Å². The molecule has 0 radical (unpaired) electrons. The average molecular weight is 278 g/mol. The lowest BCUT2D eigenvalue weighted by Crippen LogP contribution is -2.36. The van der Waals surface area contributed by atoms with Gasteiger partial charge in [-0.25, -0.2) is 9.78 Å². The number of amides is 1. The lowest BCUT2D eigenvalue weighted by molar-refractivity contribution is 0.0275. The number of aryl methyl sites for hydroxylation is 1. The van der Waals surface area contributed by atoms with Crippen LogP contribution in [0.1, 0.15) is 32.8 Å². The lowest BCUT2D eigenvalue weighted by atomic mass is 10.2. The Morgan fingerprint density at radius 3 is 2.85 bits per heavy atom. The van der Waals surface area contributed by atoms with Crippen LogP contribution in [-0.2, 0) is 4.74 Å². The first kappa shape index (κ1) is 14.6. The molecule has 110 valence electrons. The first-order valence-electron chi connectivity index (χ1n) is 6.91. The first-order valence-corrected chi connectivity index (χ1v) is 6.91. The number of hydrogen-bond acceptors (Lipinski definition) is 4. The van der Waals surface area contributed by atoms with E-state index in [1.54, 1.807) is 11.1 Å². The summed E-state index contributed by atoms with van der Waals surface area (Å²) in [5, 5.41) is 0. The van der Waals surface area contributed by atoms with Crippen LogP contribution in [0.15, 0.2) is 18.3 Å². The van der Waals surface area contributed by atoms with E-state index in [1.807, 2.05) is 39.8 Å². The molecule has 0 N–H and O–H groups in total. The molecule has 0 bridgehead atoms. The molecule has 1 aliphatic rings. The molecular formula is C15H22N2O3. The van der Waals surface area contributed by atoms with Gasteiger partial charge in [0.15, 0.2) is 0 Å². The minimum atomic E-state index is -0.464. The summed E-state index contributed by atoms with van der Waals surface area (Å²) in [7, 11) is 0. The standard InChI is InChI=1S/C15H22N2O3/c1-11-5-7-16-13(9-11)19-12-6-8-17(10-12)14(18)20-15(2,3)4/h5,7,9,12H,6,8,10H2,1-4H3/t12-/m1/s1. The number of likely N-dealkylation sites (tertiary alicyclic amines) is 1. The zero-order valence-corrected chi connectivity index (χ0v) is 12.5. The topological polar surface area (TPSA) is 51.7 Å². The quantitative estimate of drug-likeness (QED) is 0.834. The second-order valence-electron chi connectivity index (χ2n) is 6.13. The first-order chi connectivity index (χ1) is 9.33. The minimum absolute atomic E-state index is 0.0168. The van der Waals surface area contributed by atoms with Gasteiger partial charge in [0.05, 0.1) is 6.54 Å². The van der Waals surface area contributed by atoms with E-state index in [1.165, 1.54) is 0 Å². The molecule has 5 nitrogen and oxygen atoms in total. The Morgan fingerprint density at radius 1 is 1.45 bits per heavy atom. The predicted molar refractivity (Wildman–Crippen MR) is 75.8 cm³/mol. The van der Waals surface area contributed by atoms with Gasteiger partial charge in [-0.3, -0.25) is 0 Å². The summed E-state index contributed by atoms with van der Waals surface area (Å²) >= 11 is 0. The van der Waals surface area contributed by atoms with Gasteiger partial charge in [-0.15, -0.1) is 0 Å². The van der Waals surface area contributed by atoms with Crippen LogP contribution in [0, 0.1) is 6.92 Å². The molecule has 1 atom stereocenters. The van der Waals surface area contributed by atoms with Crippen molar-refractivity contribution >= 4 is 6.09 Å². The third kappa shape index (κ3) is 4.11. The summed E-state index contributed by atoms with van der Waals surface area (Å²) in [4.78, 5) is 17.8. The summed E-state index contributed by atoms with van der Waals surface area (Å²) in [6.07, 6.45) is 2.23. The number of nitrogens with zero attached hydrogens (tertiary/aromatic N) is 2. The van der Waals surface area contributed by atoms with Crippen LogP contribution in [0.25, 0.3) is 0 Å². The third-order valence-electron chi connectivity index (χ3n) is 2.97. The highest BCUT2D eigenvalue weighted by Gasteiger charge is 2.30. The fraction of sp³-hybridized carbons (Fsp3) is 0.600. The van der Waals surface area contributed by atoms with Gasteiger partial charge >= 0.3 is 6.09 Å². The number of carbonyl (C=O) groups excluding carboxylic acids is 1. The van der Waals surface area contributed by atoms with Crippen molar-refractivity contribution in [2.75, 3.05) is 13.1 Å². The molecule has 20 heavy (non-hydrogen) atoms. The Hall–Kier alpha value is -1.78. The molecule has 1 saturated heterocycles. The molecule has 0 saturated carbocycles. The summed E-state index contributed by atoms with van der Waals surface area (Å²) in [5.41, 5.74) is 0.644. The summed E-state index contributed by atoms with van der Waals surface area (Å²) < 4.78 is 11.2. The van der Waals surface area contributed by atoms with Crippen molar-refractivity contribution in [3.05, 3.63) is 23.9 Å². The molecule has 2 heterocycles. The van der Waals surface area contributed by atoms with Crippen molar-refractivity contribution < 1.29 is 14.3 Å². The highest BCUT2D eigenvalue weighted by Crippen LogP contribution is 2.19. The summed E-state index contributed by atoms with van der Waals surface area (Å²) in [6.45, 7) is 8.80. The second kappa shape index (κ2) is 5.69. The van der Waals surface area contributed by atoms with Gasteiger partial charge in [0, 0.05) is 25.2 Å². The summed E-state index contributed by atoms with van der Waals surface area (Å²) in [6, 6.07) is 3.82. The smallest absolute Gasteiger partial charge is 0.410 e. The number of rotatable bonds is 2. The number of ether oxygens (including phenoxy) is 2. The zero-order chi connectivity index (χ0) is 14.8. The summed E-state index contributed by atoms with van der Waals surface area (Å²) in [5.74, 6) is 0.612. The highest BCUT2D eigenvalue weighted by molar-refractivity contribution is 5.68. The normalized spacial score (nSPS) is 19.0. The fourth-order valence-corrected chi connectivity index (χ4v) is 2.06. The van der Waals surface area contributed by atoms with Crippen molar-refractivity contribution in [2.45, 2.75) is 45.8 Å². The van der Waals surface area contributed by atoms with Crippen LogP contribution >= 0.6 is 0 Å². The van der Waals surface area contributed by atoms with Crippen LogP contribution in [0.3, 0.4) is 0 Å². The molecule has 2 rings (SSSR count). The van der Waals surface area contributed by atoms with Gasteiger partial charge in [0.25, 0.3) is 0 Å². The van der Waals surface area contributed by atoms with Crippen molar-refractivity contribution in [3.63, 3.8) is 0 Å². The van der Waals surface area contributed by atoms with Gasteiger partial charge in [0.1, 0.15) is 11.7 Å². The van der Waals surface area contributed by atoms with E-state index in [9.17, 15) is 4.79 Å². The second-order valence-corrected chi connectivity index (χ2v) is 6.13. The molecule has 1 fully saturated rings. The maximum atomic E-state index is 11.9. The van der Waals surface area contributed by atoms with Gasteiger partial charge in [-0.2, -0.15) is 0 Å². The van der Waals surface area contributed by atoms with Gasteiger partial charge in [0.2, 0.25) is 5.88 Å². The highest BCUT2D eigenvalue weighted by atomic mass is 16.6. The molecular weight excluding hydrogens is 256 g/mol. The Labute approximate surface area is 119 Å². The average Bonchev–Trinajstić information content (AvgIpc) is 2.75. The number of carbonyl (C=O) groups is 1. The van der Waals surface area contributed by atoms with E-state index in [4.69, 9.17) is 9.47 Å². The van der Waals surface area contributed by atoms with Gasteiger partial charge < -0.3 is 14.4 Å². The molecule has 0 spiro atoms. The van der Waals surface area contributed by atoms with Gasteiger partial charge in [-0.1, -0.05) is 0 Å². The lowest BCUT2D eigenvalue weighted by Gasteiger charge is -2.24. The molecule has 0 unspecified atom stereocenters. The van der Waals surface area contributed by atoms with E-state index in [0.717, 1.165) is 12.0 Å². The van der Waals surface area contributed by atoms with E-state index < -0.39 is 5.60 Å². The predicted octanol–water partition coefficient (Wildman–Crippen LogP) is 2.78. The molecule has 1 amide bonds. The maximum Gasteiger partial charge on any atom is 0.410 e. The molecule has 0 aliphatic carbocycles. The maximum absolute atomic E-state index is 11.9. The van der Waals surface area contributed by atoms with E-state index in [0.29, 0.717) is 19.0 Å². The van der Waals surface area contributed by atoms with E-state index in [-0.39, 0.29) is 12.2 Å². The van der Waals surface area contributed by atoms with Gasteiger partial charge in [-0.05, 0) is 39.3 Å². The van der Waals surface area contributed by atoms with Crippen LogP contribution in [0.2, 0.25) is 0 Å². The van der Waals surface area contributed by atoms with Crippen LogP contribution in [-0.4, -0.2) is 40.8 Å². The van der Waals surface area contributed by atoms with Crippen LogP contribution in [0.5, 0.6) is 5.88 Å². The fourth-order valence-electron chi connectivity index (χ4n) is 2.06. The molecule has 0 aromatic carbocycles. The van der Waals surface area contributed by atoms with Crippen molar-refractivity contribution in [3.8, 4) is 5.88 Å². The minimum Gasteiger partial charge on any atom is -0.472 e. The largest absolute Gasteiger partial charge is 0.472 e. The molecule has 5 heteroatoms. The Kier molecular flexibility index (Phi) is 4.16. The van der Waals surface area contributed by atoms with Crippen molar-refractivity contribution in [1.82, 2.24) is 9.88 Å². The molecule has 1 aromatic rings. The zero-order valence-electron chi connectivity index (χ0n) is 12.5. The van der Waals surface area contributed by atoms with E-state index in [2.05, 4.69) is 4.98 Å². The van der Waals surface area contributed by atoms with Crippen LogP contribution < -0.4 is 4.74 Å². The van der Waals surface area contributed by atoms with Crippen LogP contribution in [0.4, 0.5) is 4.79 Å². The Balaban J connectivity index is 1.88. The molecule has 1 aliphatic heterocycles. The number of aromatic nitrogens is 1. The Bertz CT molecular complexity index is 482. The number of hydrogen-bond donors (Lipinski definition) is 0. The van der Waals surface area contributed by atoms with Crippen molar-refractivity contribution in [1.29, 1.82) is 0 Å². The molecule has 1 aromatic heterocycles.